The van der Waals surface area contributed by atoms with Gasteiger partial charge >= 0.3 is 0 Å². The van der Waals surface area contributed by atoms with Crippen LogP contribution in [0.5, 0.6) is 0 Å². The van der Waals surface area contributed by atoms with Gasteiger partial charge in [0.25, 0.3) is 0 Å². The summed E-state index contributed by atoms with van der Waals surface area (Å²) in [4.78, 5) is 4.64. The van der Waals surface area contributed by atoms with Crippen LogP contribution in [0.2, 0.25) is 0 Å². The Labute approximate surface area is 110 Å². The summed E-state index contributed by atoms with van der Waals surface area (Å²) in [6, 6.07) is 7.88. The number of hydrogen-bond donors (Lipinski definition) is 1. The van der Waals surface area contributed by atoms with Crippen molar-refractivity contribution >= 4 is 28.8 Å². The minimum atomic E-state index is 0.794. The normalized spacial score (nSPS) is 10.6. The van der Waals surface area contributed by atoms with Gasteiger partial charge in [-0.25, -0.2) is 4.98 Å². The van der Waals surface area contributed by atoms with E-state index in [0.29, 0.717) is 0 Å². The predicted molar refractivity (Wildman–Crippen MR) is 78.4 cm³/mol. The number of anilines is 1. The Balaban J connectivity index is 2.04. The Kier molecular flexibility index (Phi) is 4.45. The van der Waals surface area contributed by atoms with Gasteiger partial charge in [0.15, 0.2) is 0 Å². The van der Waals surface area contributed by atoms with Crippen molar-refractivity contribution in [1.82, 2.24) is 4.98 Å². The molecule has 0 amide bonds. The van der Waals surface area contributed by atoms with E-state index in [9.17, 15) is 0 Å². The molecular weight excluding hydrogens is 248 g/mol. The Bertz CT molecular complexity index is 463. The summed E-state index contributed by atoms with van der Waals surface area (Å²) in [5.74, 6) is 2.23. The fourth-order valence-electron chi connectivity index (χ4n) is 1.47. The van der Waals surface area contributed by atoms with E-state index in [1.165, 1.54) is 17.2 Å². The lowest BCUT2D eigenvalue weighted by molar-refractivity contribution is 1.10. The molecule has 0 radical (unpaired) electrons. The Morgan fingerprint density at radius 3 is 2.76 bits per heavy atom. The molecule has 0 aliphatic rings. The van der Waals surface area contributed by atoms with E-state index in [2.05, 4.69) is 17.3 Å². The number of thiazole rings is 1. The summed E-state index contributed by atoms with van der Waals surface area (Å²) in [5.41, 5.74) is 8.66. The zero-order chi connectivity index (χ0) is 12.1. The first-order chi connectivity index (χ1) is 8.29. The number of nitrogens with two attached hydrogens (primary N) is 1. The van der Waals surface area contributed by atoms with E-state index in [1.54, 1.807) is 11.3 Å². The maximum absolute atomic E-state index is 5.67. The Hall–Kier alpha value is -1.00. The highest BCUT2D eigenvalue weighted by Crippen LogP contribution is 2.25. The second kappa shape index (κ2) is 6.07. The smallest absolute Gasteiger partial charge is 0.103 e. The van der Waals surface area contributed by atoms with E-state index in [0.717, 1.165) is 22.7 Å². The summed E-state index contributed by atoms with van der Waals surface area (Å²) in [6.45, 7) is 2.20. The number of hydrogen-bond acceptors (Lipinski definition) is 4. The van der Waals surface area contributed by atoms with Crippen molar-refractivity contribution in [3.05, 3.63) is 34.7 Å². The van der Waals surface area contributed by atoms with Gasteiger partial charge in [-0.05, 0) is 24.3 Å². The first-order valence-corrected chi connectivity index (χ1v) is 7.71. The van der Waals surface area contributed by atoms with Gasteiger partial charge in [-0.2, -0.15) is 11.8 Å². The lowest BCUT2D eigenvalue weighted by Gasteiger charge is -1.97. The highest BCUT2D eigenvalue weighted by molar-refractivity contribution is 7.98. The van der Waals surface area contributed by atoms with Crippen LogP contribution in [0.3, 0.4) is 0 Å². The van der Waals surface area contributed by atoms with E-state index >= 15 is 0 Å². The van der Waals surface area contributed by atoms with Crippen LogP contribution in [-0.4, -0.2) is 10.7 Å². The zero-order valence-corrected chi connectivity index (χ0v) is 11.5. The topological polar surface area (TPSA) is 38.9 Å². The Morgan fingerprint density at radius 2 is 2.06 bits per heavy atom. The molecule has 2 aromatic rings. The number of rotatable bonds is 5. The fraction of sp³-hybridized carbons (Fsp3) is 0.308. The van der Waals surface area contributed by atoms with Crippen LogP contribution in [0.15, 0.2) is 29.6 Å². The monoisotopic (exact) mass is 264 g/mol. The molecule has 2 rings (SSSR count). The molecule has 2 nitrogen and oxygen atoms in total. The lowest BCUT2D eigenvalue weighted by atomic mass is 10.1. The highest BCUT2D eigenvalue weighted by Gasteiger charge is 2.04. The van der Waals surface area contributed by atoms with Crippen molar-refractivity contribution in [3.8, 4) is 11.3 Å². The summed E-state index contributed by atoms with van der Waals surface area (Å²) in [7, 11) is 0. The molecule has 0 unspecified atom stereocenters. The quantitative estimate of drug-likeness (QED) is 0.654. The standard InChI is InChI=1S/C13H16N2S2/c1-2-7-16-9-13-15-12(8-17-13)10-3-5-11(14)6-4-10/h3-6,8H,2,7,9,14H2,1H3. The third-order valence-corrected chi connectivity index (χ3v) is 4.54. The molecule has 0 aliphatic heterocycles. The number of benzene rings is 1. The molecule has 0 saturated heterocycles. The van der Waals surface area contributed by atoms with Gasteiger partial charge in [-0.15, -0.1) is 11.3 Å². The van der Waals surface area contributed by atoms with Crippen LogP contribution in [-0.2, 0) is 5.75 Å². The first kappa shape index (κ1) is 12.5. The maximum Gasteiger partial charge on any atom is 0.103 e. The maximum atomic E-state index is 5.67. The number of nitrogen functional groups attached to an aromatic ring is 1. The molecule has 90 valence electrons. The van der Waals surface area contributed by atoms with Crippen LogP contribution in [0.25, 0.3) is 11.3 Å². The van der Waals surface area contributed by atoms with Crippen LogP contribution in [0.4, 0.5) is 5.69 Å². The van der Waals surface area contributed by atoms with Crippen molar-refractivity contribution in [1.29, 1.82) is 0 Å². The molecule has 0 spiro atoms. The summed E-state index contributed by atoms with van der Waals surface area (Å²) in [5, 5.41) is 3.32. The van der Waals surface area contributed by atoms with Gasteiger partial charge in [-0.1, -0.05) is 19.1 Å². The minimum absolute atomic E-state index is 0.794. The molecule has 0 aliphatic carbocycles. The van der Waals surface area contributed by atoms with Gasteiger partial charge in [0, 0.05) is 22.4 Å². The molecule has 17 heavy (non-hydrogen) atoms. The third kappa shape index (κ3) is 3.48. The van der Waals surface area contributed by atoms with Crippen LogP contribution < -0.4 is 5.73 Å². The van der Waals surface area contributed by atoms with Crippen molar-refractivity contribution in [2.45, 2.75) is 19.1 Å². The Morgan fingerprint density at radius 1 is 1.29 bits per heavy atom. The second-order valence-corrected chi connectivity index (χ2v) is 5.85. The van der Waals surface area contributed by atoms with Crippen molar-refractivity contribution in [2.24, 2.45) is 0 Å². The average Bonchev–Trinajstić information content (AvgIpc) is 2.79. The molecular formula is C13H16N2S2. The molecule has 0 saturated carbocycles. The van der Waals surface area contributed by atoms with Gasteiger partial charge in [-0.3, -0.25) is 0 Å². The largest absolute Gasteiger partial charge is 0.399 e. The summed E-state index contributed by atoms with van der Waals surface area (Å²) in [6.07, 6.45) is 1.22. The first-order valence-electron chi connectivity index (χ1n) is 5.67. The van der Waals surface area contributed by atoms with Gasteiger partial charge in [0.05, 0.1) is 5.69 Å². The number of thioether (sulfide) groups is 1. The van der Waals surface area contributed by atoms with Crippen molar-refractivity contribution < 1.29 is 0 Å². The molecule has 1 aromatic carbocycles. The molecule has 0 atom stereocenters. The van der Waals surface area contributed by atoms with E-state index in [-0.39, 0.29) is 0 Å². The fourth-order valence-corrected chi connectivity index (χ4v) is 3.25. The van der Waals surface area contributed by atoms with Crippen molar-refractivity contribution in [3.63, 3.8) is 0 Å². The average molecular weight is 264 g/mol. The minimum Gasteiger partial charge on any atom is -0.399 e. The van der Waals surface area contributed by atoms with Gasteiger partial charge in [0.1, 0.15) is 5.01 Å². The van der Waals surface area contributed by atoms with E-state index < -0.39 is 0 Å². The molecule has 4 heteroatoms. The second-order valence-electron chi connectivity index (χ2n) is 3.80. The summed E-state index contributed by atoms with van der Waals surface area (Å²) < 4.78 is 0. The lowest BCUT2D eigenvalue weighted by Crippen LogP contribution is -1.85. The van der Waals surface area contributed by atoms with E-state index in [1.807, 2.05) is 36.0 Å². The molecule has 1 aromatic heterocycles. The zero-order valence-electron chi connectivity index (χ0n) is 9.85. The van der Waals surface area contributed by atoms with Crippen LogP contribution >= 0.6 is 23.1 Å². The molecule has 0 bridgehead atoms. The number of nitrogens with zero attached hydrogens (tertiary/aromatic N) is 1. The molecule has 0 fully saturated rings. The number of aromatic nitrogens is 1. The molecule has 1 heterocycles. The van der Waals surface area contributed by atoms with Gasteiger partial charge < -0.3 is 5.73 Å². The predicted octanol–water partition coefficient (Wildman–Crippen LogP) is 4.04. The highest BCUT2D eigenvalue weighted by atomic mass is 32.2. The van der Waals surface area contributed by atoms with Crippen LogP contribution in [0.1, 0.15) is 18.4 Å². The van der Waals surface area contributed by atoms with Crippen LogP contribution in [0, 0.1) is 0 Å². The summed E-state index contributed by atoms with van der Waals surface area (Å²) >= 11 is 3.68. The van der Waals surface area contributed by atoms with Gasteiger partial charge in [0.2, 0.25) is 0 Å². The SMILES string of the molecule is CCCSCc1nc(-c2ccc(N)cc2)cs1. The molecule has 2 N–H and O–H groups in total. The van der Waals surface area contributed by atoms with Crippen molar-refractivity contribution in [2.75, 3.05) is 11.5 Å². The van der Waals surface area contributed by atoms with E-state index in [4.69, 9.17) is 5.73 Å². The third-order valence-electron chi connectivity index (χ3n) is 2.33.